The van der Waals surface area contributed by atoms with Crippen molar-refractivity contribution in [3.63, 3.8) is 0 Å². The van der Waals surface area contributed by atoms with E-state index in [2.05, 4.69) is 0 Å². The Labute approximate surface area is 96.1 Å². The number of carbonyl (C=O) groups excluding carboxylic acids is 2. The molecular formula is C11H20O5. The van der Waals surface area contributed by atoms with Gasteiger partial charge in [0.05, 0.1) is 6.61 Å². The average Bonchev–Trinajstić information content (AvgIpc) is 2.16. The Kier molecular flexibility index (Phi) is 6.03. The topological polar surface area (TPSA) is 61.8 Å². The quantitative estimate of drug-likeness (QED) is 0.646. The minimum Gasteiger partial charge on any atom is -0.463 e. The molecule has 0 bridgehead atoms. The number of rotatable bonds is 6. The Hall–Kier alpha value is -1.10. The van der Waals surface area contributed by atoms with E-state index in [-0.39, 0.29) is 18.7 Å². The largest absolute Gasteiger partial charge is 0.463 e. The summed E-state index contributed by atoms with van der Waals surface area (Å²) >= 11 is 0. The molecule has 16 heavy (non-hydrogen) atoms. The van der Waals surface area contributed by atoms with Crippen LogP contribution >= 0.6 is 0 Å². The molecular weight excluding hydrogens is 212 g/mol. The second kappa shape index (κ2) is 6.48. The summed E-state index contributed by atoms with van der Waals surface area (Å²) in [6.07, 6.45) is 0.224. The lowest BCUT2D eigenvalue weighted by molar-refractivity contribution is -0.166. The molecule has 0 heterocycles. The summed E-state index contributed by atoms with van der Waals surface area (Å²) in [7, 11) is 1.45. The number of hydrogen-bond acceptors (Lipinski definition) is 5. The smallest absolute Gasteiger partial charge is 0.337 e. The average molecular weight is 232 g/mol. The summed E-state index contributed by atoms with van der Waals surface area (Å²) in [6, 6.07) is 0. The van der Waals surface area contributed by atoms with Gasteiger partial charge in [-0.2, -0.15) is 0 Å². The van der Waals surface area contributed by atoms with Crippen LogP contribution in [-0.2, 0) is 23.8 Å². The molecule has 0 fully saturated rings. The van der Waals surface area contributed by atoms with Gasteiger partial charge in [-0.1, -0.05) is 0 Å². The maximum Gasteiger partial charge on any atom is 0.337 e. The Morgan fingerprint density at radius 3 is 2.31 bits per heavy atom. The standard InChI is InChI=1S/C11H20O5/c1-8(16-9(2)12)6-7-15-10(13)11(3,4)14-5/h8H,6-7H2,1-5H3. The van der Waals surface area contributed by atoms with Crippen LogP contribution in [0.1, 0.15) is 34.1 Å². The van der Waals surface area contributed by atoms with E-state index in [0.717, 1.165) is 0 Å². The van der Waals surface area contributed by atoms with E-state index in [4.69, 9.17) is 14.2 Å². The molecule has 0 spiro atoms. The van der Waals surface area contributed by atoms with Gasteiger partial charge < -0.3 is 14.2 Å². The summed E-state index contributed by atoms with van der Waals surface area (Å²) in [5.41, 5.74) is -0.940. The number of carbonyl (C=O) groups is 2. The first-order chi connectivity index (χ1) is 7.29. The fraction of sp³-hybridized carbons (Fsp3) is 0.818. The molecule has 0 aromatic heterocycles. The minimum atomic E-state index is -0.940. The summed E-state index contributed by atoms with van der Waals surface area (Å²) in [6.45, 7) is 6.56. The van der Waals surface area contributed by atoms with Crippen molar-refractivity contribution in [1.29, 1.82) is 0 Å². The monoisotopic (exact) mass is 232 g/mol. The van der Waals surface area contributed by atoms with E-state index in [9.17, 15) is 9.59 Å². The molecule has 1 atom stereocenters. The van der Waals surface area contributed by atoms with Crippen LogP contribution in [0, 0.1) is 0 Å². The van der Waals surface area contributed by atoms with Crippen molar-refractivity contribution in [2.75, 3.05) is 13.7 Å². The Balaban J connectivity index is 3.82. The maximum atomic E-state index is 11.4. The molecule has 0 N–H and O–H groups in total. The van der Waals surface area contributed by atoms with Gasteiger partial charge in [0.25, 0.3) is 0 Å². The van der Waals surface area contributed by atoms with Gasteiger partial charge >= 0.3 is 11.9 Å². The third-order valence-electron chi connectivity index (χ3n) is 2.13. The lowest BCUT2D eigenvalue weighted by Gasteiger charge is -2.21. The van der Waals surface area contributed by atoms with Crippen molar-refractivity contribution < 1.29 is 23.8 Å². The van der Waals surface area contributed by atoms with Gasteiger partial charge in [-0.15, -0.1) is 0 Å². The van der Waals surface area contributed by atoms with Gasteiger partial charge in [-0.05, 0) is 20.8 Å². The molecule has 0 aliphatic rings. The second-order valence-corrected chi connectivity index (χ2v) is 4.06. The normalized spacial score (nSPS) is 13.1. The van der Waals surface area contributed by atoms with E-state index in [1.807, 2.05) is 0 Å². The lowest BCUT2D eigenvalue weighted by Crippen LogP contribution is -2.36. The van der Waals surface area contributed by atoms with Crippen LogP contribution in [0.3, 0.4) is 0 Å². The van der Waals surface area contributed by atoms with Crippen molar-refractivity contribution in [3.8, 4) is 0 Å². The van der Waals surface area contributed by atoms with Gasteiger partial charge in [0.1, 0.15) is 6.10 Å². The number of hydrogen-bond donors (Lipinski definition) is 0. The first-order valence-electron chi connectivity index (χ1n) is 5.19. The molecule has 0 rings (SSSR count). The zero-order chi connectivity index (χ0) is 12.8. The van der Waals surface area contributed by atoms with Crippen LogP contribution < -0.4 is 0 Å². The maximum absolute atomic E-state index is 11.4. The van der Waals surface area contributed by atoms with Crippen molar-refractivity contribution in [1.82, 2.24) is 0 Å². The van der Waals surface area contributed by atoms with Crippen molar-refractivity contribution in [2.24, 2.45) is 0 Å². The van der Waals surface area contributed by atoms with E-state index in [1.54, 1.807) is 20.8 Å². The minimum absolute atomic E-state index is 0.208. The zero-order valence-electron chi connectivity index (χ0n) is 10.5. The van der Waals surface area contributed by atoms with E-state index < -0.39 is 11.6 Å². The third kappa shape index (κ3) is 5.70. The molecule has 94 valence electrons. The molecule has 0 radical (unpaired) electrons. The SMILES string of the molecule is COC(C)(C)C(=O)OCCC(C)OC(C)=O. The molecule has 0 amide bonds. The van der Waals surface area contributed by atoms with E-state index in [0.29, 0.717) is 6.42 Å². The highest BCUT2D eigenvalue weighted by Gasteiger charge is 2.28. The second-order valence-electron chi connectivity index (χ2n) is 4.06. The van der Waals surface area contributed by atoms with Crippen molar-refractivity contribution in [3.05, 3.63) is 0 Å². The number of ether oxygens (including phenoxy) is 3. The van der Waals surface area contributed by atoms with Crippen LogP contribution in [-0.4, -0.2) is 37.4 Å². The first kappa shape index (κ1) is 14.9. The lowest BCUT2D eigenvalue weighted by atomic mass is 10.1. The Morgan fingerprint density at radius 1 is 1.31 bits per heavy atom. The predicted molar refractivity (Wildman–Crippen MR) is 57.9 cm³/mol. The van der Waals surface area contributed by atoms with Gasteiger partial charge in [0, 0.05) is 20.5 Å². The molecule has 0 aromatic carbocycles. The molecule has 1 unspecified atom stereocenters. The fourth-order valence-corrected chi connectivity index (χ4v) is 0.917. The molecule has 5 heteroatoms. The summed E-state index contributed by atoms with van der Waals surface area (Å²) < 4.78 is 14.8. The molecule has 0 saturated carbocycles. The molecule has 0 aliphatic heterocycles. The predicted octanol–water partition coefficient (Wildman–Crippen LogP) is 1.30. The van der Waals surface area contributed by atoms with Gasteiger partial charge in [0.15, 0.2) is 5.60 Å². The van der Waals surface area contributed by atoms with E-state index >= 15 is 0 Å². The highest BCUT2D eigenvalue weighted by atomic mass is 16.6. The van der Waals surface area contributed by atoms with Crippen LogP contribution in [0.25, 0.3) is 0 Å². The summed E-state index contributed by atoms with van der Waals surface area (Å²) in [5.74, 6) is -0.763. The van der Waals surface area contributed by atoms with Gasteiger partial charge in [-0.25, -0.2) is 4.79 Å². The Morgan fingerprint density at radius 2 is 1.88 bits per heavy atom. The van der Waals surface area contributed by atoms with Gasteiger partial charge in [-0.3, -0.25) is 4.79 Å². The van der Waals surface area contributed by atoms with Gasteiger partial charge in [0.2, 0.25) is 0 Å². The molecule has 0 saturated heterocycles. The van der Waals surface area contributed by atoms with Crippen LogP contribution in [0.5, 0.6) is 0 Å². The van der Waals surface area contributed by atoms with Crippen molar-refractivity contribution in [2.45, 2.75) is 45.8 Å². The number of methoxy groups -OCH3 is 1. The molecule has 5 nitrogen and oxygen atoms in total. The first-order valence-corrected chi connectivity index (χ1v) is 5.19. The highest BCUT2D eigenvalue weighted by molar-refractivity contribution is 5.78. The van der Waals surface area contributed by atoms with Crippen LogP contribution in [0.4, 0.5) is 0 Å². The summed E-state index contributed by atoms with van der Waals surface area (Å²) in [5, 5.41) is 0. The third-order valence-corrected chi connectivity index (χ3v) is 2.13. The summed E-state index contributed by atoms with van der Waals surface area (Å²) in [4.78, 5) is 22.1. The highest BCUT2D eigenvalue weighted by Crippen LogP contribution is 2.10. The molecule has 0 aromatic rings. The number of esters is 2. The fourth-order valence-electron chi connectivity index (χ4n) is 0.917. The van der Waals surface area contributed by atoms with E-state index in [1.165, 1.54) is 14.0 Å². The molecule has 0 aliphatic carbocycles. The van der Waals surface area contributed by atoms with Crippen molar-refractivity contribution >= 4 is 11.9 Å². The zero-order valence-corrected chi connectivity index (χ0v) is 10.5. The Bertz CT molecular complexity index is 247. The van der Waals surface area contributed by atoms with Crippen LogP contribution in [0.2, 0.25) is 0 Å². The van der Waals surface area contributed by atoms with Crippen LogP contribution in [0.15, 0.2) is 0 Å².